The number of hydrogen-bond donors (Lipinski definition) is 1. The predicted octanol–water partition coefficient (Wildman–Crippen LogP) is 4.04. The summed E-state index contributed by atoms with van der Waals surface area (Å²) < 4.78 is 0. The van der Waals surface area contributed by atoms with Crippen molar-refractivity contribution in [3.05, 3.63) is 0 Å². The number of nitrogens with zero attached hydrogens (tertiary/aromatic N) is 1. The lowest BCUT2D eigenvalue weighted by molar-refractivity contribution is 0.0133. The Hall–Kier alpha value is -0.0800. The third kappa shape index (κ3) is 2.78. The zero-order valence-electron chi connectivity index (χ0n) is 14.5. The largest absolute Gasteiger partial charge is 0.329 e. The summed E-state index contributed by atoms with van der Waals surface area (Å²) in [6, 6.07) is 0. The van der Waals surface area contributed by atoms with E-state index >= 15 is 0 Å². The Balaban J connectivity index is 2.13. The summed E-state index contributed by atoms with van der Waals surface area (Å²) in [5.41, 5.74) is 7.40. The van der Waals surface area contributed by atoms with Crippen LogP contribution in [0.3, 0.4) is 0 Å². The van der Waals surface area contributed by atoms with Crippen LogP contribution in [0.25, 0.3) is 0 Å². The summed E-state index contributed by atoms with van der Waals surface area (Å²) in [5.74, 6) is 0.867. The molecule has 0 amide bonds. The molecule has 118 valence electrons. The van der Waals surface area contributed by atoms with Gasteiger partial charge in [0.25, 0.3) is 0 Å². The molecule has 0 spiro atoms. The maximum atomic E-state index is 6.31. The summed E-state index contributed by atoms with van der Waals surface area (Å²) in [7, 11) is 0. The van der Waals surface area contributed by atoms with Gasteiger partial charge in [0.2, 0.25) is 0 Å². The fourth-order valence-electron chi connectivity index (χ4n) is 4.88. The zero-order valence-corrected chi connectivity index (χ0v) is 14.5. The second-order valence-corrected chi connectivity index (χ2v) is 8.95. The summed E-state index contributed by atoms with van der Waals surface area (Å²) in [6.45, 7) is 15.5. The molecule has 2 rings (SSSR count). The van der Waals surface area contributed by atoms with Gasteiger partial charge in [-0.25, -0.2) is 0 Å². The van der Waals surface area contributed by atoms with E-state index in [-0.39, 0.29) is 5.54 Å². The average molecular weight is 280 g/mol. The minimum absolute atomic E-state index is 0.264. The molecule has 2 nitrogen and oxygen atoms in total. The van der Waals surface area contributed by atoms with Gasteiger partial charge in [-0.1, -0.05) is 41.0 Å². The van der Waals surface area contributed by atoms with Crippen LogP contribution < -0.4 is 5.73 Å². The third-order valence-electron chi connectivity index (χ3n) is 6.55. The molecule has 2 fully saturated rings. The standard InChI is InChI=1S/C18H36N2/c1-16(2,3)15-8-6-12-20(13-9-15)18(14-19)11-7-10-17(18,4)5/h15H,6-14,19H2,1-5H3. The van der Waals surface area contributed by atoms with Gasteiger partial charge in [0.15, 0.2) is 0 Å². The van der Waals surface area contributed by atoms with Crippen molar-refractivity contribution in [2.24, 2.45) is 22.5 Å². The molecule has 2 atom stereocenters. The average Bonchev–Trinajstić information content (AvgIpc) is 2.54. The van der Waals surface area contributed by atoms with Crippen molar-refractivity contribution in [2.45, 2.75) is 78.7 Å². The Morgan fingerprint density at radius 3 is 2.25 bits per heavy atom. The highest BCUT2D eigenvalue weighted by Crippen LogP contribution is 2.50. The maximum Gasteiger partial charge on any atom is 0.0382 e. The van der Waals surface area contributed by atoms with Gasteiger partial charge in [0.05, 0.1) is 0 Å². The smallest absolute Gasteiger partial charge is 0.0382 e. The van der Waals surface area contributed by atoms with Crippen molar-refractivity contribution in [1.82, 2.24) is 4.90 Å². The van der Waals surface area contributed by atoms with Crippen LogP contribution in [0.4, 0.5) is 0 Å². The fraction of sp³-hybridized carbons (Fsp3) is 1.00. The van der Waals surface area contributed by atoms with Crippen LogP contribution in [0.5, 0.6) is 0 Å². The van der Waals surface area contributed by atoms with E-state index in [0.29, 0.717) is 10.8 Å². The van der Waals surface area contributed by atoms with E-state index in [1.807, 2.05) is 0 Å². The molecular formula is C18H36N2. The summed E-state index contributed by atoms with van der Waals surface area (Å²) in [6.07, 6.45) is 8.08. The van der Waals surface area contributed by atoms with Crippen LogP contribution in [0.1, 0.15) is 73.1 Å². The summed E-state index contributed by atoms with van der Waals surface area (Å²) in [5, 5.41) is 0. The van der Waals surface area contributed by atoms with Crippen molar-refractivity contribution >= 4 is 0 Å². The van der Waals surface area contributed by atoms with E-state index in [2.05, 4.69) is 39.5 Å². The van der Waals surface area contributed by atoms with E-state index in [0.717, 1.165) is 12.5 Å². The molecule has 0 radical (unpaired) electrons. The van der Waals surface area contributed by atoms with Gasteiger partial charge in [0, 0.05) is 12.1 Å². The molecule has 20 heavy (non-hydrogen) atoms. The second-order valence-electron chi connectivity index (χ2n) is 8.95. The highest BCUT2D eigenvalue weighted by atomic mass is 15.2. The monoisotopic (exact) mass is 280 g/mol. The third-order valence-corrected chi connectivity index (χ3v) is 6.55. The molecular weight excluding hydrogens is 244 g/mol. The van der Waals surface area contributed by atoms with Crippen molar-refractivity contribution in [3.8, 4) is 0 Å². The molecule has 1 saturated carbocycles. The quantitative estimate of drug-likeness (QED) is 0.827. The van der Waals surface area contributed by atoms with Gasteiger partial charge >= 0.3 is 0 Å². The molecule has 0 bridgehead atoms. The first-order chi connectivity index (χ1) is 9.23. The Morgan fingerprint density at radius 2 is 1.75 bits per heavy atom. The number of nitrogens with two attached hydrogens (primary N) is 1. The van der Waals surface area contributed by atoms with Gasteiger partial charge in [-0.3, -0.25) is 4.90 Å². The molecule has 0 aromatic heterocycles. The molecule has 0 aromatic rings. The fourth-order valence-corrected chi connectivity index (χ4v) is 4.88. The number of likely N-dealkylation sites (tertiary alicyclic amines) is 1. The minimum atomic E-state index is 0.264. The van der Waals surface area contributed by atoms with Crippen molar-refractivity contribution in [1.29, 1.82) is 0 Å². The van der Waals surface area contributed by atoms with Crippen LogP contribution in [-0.2, 0) is 0 Å². The van der Waals surface area contributed by atoms with Crippen LogP contribution >= 0.6 is 0 Å². The first-order valence-electron chi connectivity index (χ1n) is 8.68. The van der Waals surface area contributed by atoms with E-state index in [1.54, 1.807) is 0 Å². The first kappa shape index (κ1) is 16.3. The van der Waals surface area contributed by atoms with Gasteiger partial charge in [-0.15, -0.1) is 0 Å². The Kier molecular flexibility index (Phi) is 4.57. The van der Waals surface area contributed by atoms with Gasteiger partial charge in [-0.05, 0) is 61.9 Å². The van der Waals surface area contributed by atoms with E-state index in [1.165, 1.54) is 51.6 Å². The molecule has 1 aliphatic carbocycles. The molecule has 2 aliphatic rings. The summed E-state index contributed by atoms with van der Waals surface area (Å²) >= 11 is 0. The minimum Gasteiger partial charge on any atom is -0.329 e. The Morgan fingerprint density at radius 1 is 1.05 bits per heavy atom. The number of rotatable bonds is 2. The SMILES string of the molecule is CC(C)(C)C1CCCN(C2(CN)CCCC2(C)C)CC1. The van der Waals surface area contributed by atoms with Crippen molar-refractivity contribution in [3.63, 3.8) is 0 Å². The second kappa shape index (κ2) is 5.61. The van der Waals surface area contributed by atoms with E-state index in [9.17, 15) is 0 Å². The lowest BCUT2D eigenvalue weighted by Crippen LogP contribution is -2.60. The topological polar surface area (TPSA) is 29.3 Å². The van der Waals surface area contributed by atoms with Crippen molar-refractivity contribution in [2.75, 3.05) is 19.6 Å². The summed E-state index contributed by atoms with van der Waals surface area (Å²) in [4.78, 5) is 2.78. The van der Waals surface area contributed by atoms with Gasteiger partial charge < -0.3 is 5.73 Å². The molecule has 2 heteroatoms. The Labute approximate surface area is 126 Å². The van der Waals surface area contributed by atoms with Gasteiger partial charge in [-0.2, -0.15) is 0 Å². The normalized spacial score (nSPS) is 36.0. The van der Waals surface area contributed by atoms with Gasteiger partial charge in [0.1, 0.15) is 0 Å². The lowest BCUT2D eigenvalue weighted by Gasteiger charge is -2.49. The zero-order chi connectivity index (χ0) is 15.0. The highest BCUT2D eigenvalue weighted by Gasteiger charge is 2.51. The van der Waals surface area contributed by atoms with Crippen LogP contribution in [0.2, 0.25) is 0 Å². The van der Waals surface area contributed by atoms with E-state index in [4.69, 9.17) is 5.73 Å². The Bertz CT molecular complexity index is 329. The van der Waals surface area contributed by atoms with Crippen LogP contribution in [0.15, 0.2) is 0 Å². The van der Waals surface area contributed by atoms with Crippen LogP contribution in [0, 0.1) is 16.7 Å². The predicted molar refractivity (Wildman–Crippen MR) is 87.8 cm³/mol. The van der Waals surface area contributed by atoms with Crippen LogP contribution in [-0.4, -0.2) is 30.1 Å². The molecule has 1 heterocycles. The molecule has 1 saturated heterocycles. The lowest BCUT2D eigenvalue weighted by atomic mass is 9.73. The molecule has 2 unspecified atom stereocenters. The number of hydrogen-bond acceptors (Lipinski definition) is 2. The van der Waals surface area contributed by atoms with Crippen molar-refractivity contribution < 1.29 is 0 Å². The molecule has 2 N–H and O–H groups in total. The highest BCUT2D eigenvalue weighted by molar-refractivity contribution is 5.07. The van der Waals surface area contributed by atoms with E-state index < -0.39 is 0 Å². The molecule has 0 aromatic carbocycles. The maximum absolute atomic E-state index is 6.31. The first-order valence-corrected chi connectivity index (χ1v) is 8.68. The molecule has 1 aliphatic heterocycles.